The third-order valence-electron chi connectivity index (χ3n) is 5.29. The number of carbonyl (C=O) groups is 1. The molecule has 0 N–H and O–H groups in total. The zero-order valence-corrected chi connectivity index (χ0v) is 16.1. The molecule has 0 bridgehead atoms. The van der Waals surface area contributed by atoms with Crippen molar-refractivity contribution in [2.75, 3.05) is 25.1 Å². The Labute approximate surface area is 162 Å². The number of nitrogens with zero attached hydrogens (tertiary/aromatic N) is 4. The highest BCUT2D eigenvalue weighted by molar-refractivity contribution is 5.98. The maximum atomic E-state index is 12.8. The molecule has 1 aliphatic rings. The number of rotatable bonds is 4. The third-order valence-corrected chi connectivity index (χ3v) is 5.29. The highest BCUT2D eigenvalue weighted by Gasteiger charge is 2.29. The smallest absolute Gasteiger partial charge is 0.332 e. The van der Waals surface area contributed by atoms with Gasteiger partial charge in [-0.1, -0.05) is 0 Å². The number of hydrogen-bond acceptors (Lipinski definition) is 6. The first-order chi connectivity index (χ1) is 13.4. The monoisotopic (exact) mass is 382 g/mol. The molecule has 2 aromatic rings. The van der Waals surface area contributed by atoms with Gasteiger partial charge >= 0.3 is 5.69 Å². The number of benzene rings is 1. The molecule has 8 nitrogen and oxygen atoms in total. The molecule has 146 valence electrons. The Morgan fingerprint density at radius 3 is 2.25 bits per heavy atom. The van der Waals surface area contributed by atoms with Crippen LogP contribution in [0.25, 0.3) is 0 Å². The average Bonchev–Trinajstić information content (AvgIpc) is 2.74. The average molecular weight is 382 g/mol. The minimum atomic E-state index is -0.600. The SMILES string of the molecule is COc1ccc(C(=O)C2CCN(c3c(C#N)c(=O)n(C)c(=O)n3C)CC2)cc1. The summed E-state index contributed by atoms with van der Waals surface area (Å²) < 4.78 is 7.38. The first kappa shape index (κ1) is 19.4. The Morgan fingerprint density at radius 1 is 1.11 bits per heavy atom. The van der Waals surface area contributed by atoms with Gasteiger partial charge in [-0.3, -0.25) is 18.7 Å². The van der Waals surface area contributed by atoms with Gasteiger partial charge in [0.2, 0.25) is 0 Å². The topological polar surface area (TPSA) is 97.3 Å². The van der Waals surface area contributed by atoms with E-state index >= 15 is 0 Å². The van der Waals surface area contributed by atoms with E-state index in [1.54, 1.807) is 38.4 Å². The Hall–Kier alpha value is -3.34. The predicted molar refractivity (Wildman–Crippen MR) is 104 cm³/mol. The van der Waals surface area contributed by atoms with Gasteiger partial charge in [0.1, 0.15) is 17.6 Å². The van der Waals surface area contributed by atoms with Crippen LogP contribution in [0, 0.1) is 17.2 Å². The molecule has 8 heteroatoms. The fourth-order valence-electron chi connectivity index (χ4n) is 3.65. The first-order valence-electron chi connectivity index (χ1n) is 9.02. The summed E-state index contributed by atoms with van der Waals surface area (Å²) in [6.45, 7) is 0.976. The molecule has 0 atom stereocenters. The fraction of sp³-hybridized carbons (Fsp3) is 0.400. The summed E-state index contributed by atoms with van der Waals surface area (Å²) >= 11 is 0. The van der Waals surface area contributed by atoms with E-state index in [2.05, 4.69) is 0 Å². The summed E-state index contributed by atoms with van der Waals surface area (Å²) in [5, 5.41) is 9.43. The third kappa shape index (κ3) is 3.31. The summed E-state index contributed by atoms with van der Waals surface area (Å²) in [4.78, 5) is 39.2. The van der Waals surface area contributed by atoms with Crippen LogP contribution in [0.1, 0.15) is 28.8 Å². The highest BCUT2D eigenvalue weighted by Crippen LogP contribution is 2.26. The van der Waals surface area contributed by atoms with Crippen molar-refractivity contribution < 1.29 is 9.53 Å². The number of Topliss-reactive ketones (excluding diaryl/α,β-unsaturated/α-hetero) is 1. The van der Waals surface area contributed by atoms with E-state index in [9.17, 15) is 19.6 Å². The number of ketones is 1. The van der Waals surface area contributed by atoms with E-state index in [0.29, 0.717) is 43.1 Å². The molecule has 0 unspecified atom stereocenters. The van der Waals surface area contributed by atoms with Crippen LogP contribution in [0.4, 0.5) is 5.82 Å². The first-order valence-corrected chi connectivity index (χ1v) is 9.02. The van der Waals surface area contributed by atoms with Gasteiger partial charge < -0.3 is 9.64 Å². The van der Waals surface area contributed by atoms with Gasteiger partial charge in [-0.15, -0.1) is 0 Å². The molecular formula is C20H22N4O4. The number of hydrogen-bond donors (Lipinski definition) is 0. The Morgan fingerprint density at radius 2 is 1.71 bits per heavy atom. The molecule has 1 fully saturated rings. The lowest BCUT2D eigenvalue weighted by Gasteiger charge is -2.34. The number of methoxy groups -OCH3 is 1. The van der Waals surface area contributed by atoms with E-state index in [0.717, 1.165) is 4.57 Å². The Bertz CT molecular complexity index is 1050. The van der Waals surface area contributed by atoms with Crippen molar-refractivity contribution in [3.05, 3.63) is 56.2 Å². The van der Waals surface area contributed by atoms with E-state index in [4.69, 9.17) is 4.74 Å². The summed E-state index contributed by atoms with van der Waals surface area (Å²) in [5.74, 6) is 0.951. The van der Waals surface area contributed by atoms with Gasteiger partial charge in [0, 0.05) is 38.7 Å². The molecule has 1 aliphatic heterocycles. The highest BCUT2D eigenvalue weighted by atomic mass is 16.5. The molecule has 0 saturated carbocycles. The van der Waals surface area contributed by atoms with Crippen LogP contribution >= 0.6 is 0 Å². The van der Waals surface area contributed by atoms with Gasteiger partial charge in [-0.05, 0) is 37.1 Å². The molecule has 28 heavy (non-hydrogen) atoms. The number of anilines is 1. The van der Waals surface area contributed by atoms with Crippen molar-refractivity contribution in [1.29, 1.82) is 5.26 Å². The van der Waals surface area contributed by atoms with Crippen molar-refractivity contribution in [2.24, 2.45) is 20.0 Å². The minimum absolute atomic E-state index is 0.0514. The number of carbonyl (C=O) groups excluding carboxylic acids is 1. The van der Waals surface area contributed by atoms with Gasteiger partial charge in [0.15, 0.2) is 11.3 Å². The van der Waals surface area contributed by atoms with Crippen LogP contribution < -0.4 is 20.9 Å². The van der Waals surface area contributed by atoms with Crippen molar-refractivity contribution >= 4 is 11.6 Å². The van der Waals surface area contributed by atoms with E-state index in [-0.39, 0.29) is 17.3 Å². The van der Waals surface area contributed by atoms with Gasteiger partial charge in [0.25, 0.3) is 5.56 Å². The van der Waals surface area contributed by atoms with Crippen molar-refractivity contribution in [3.8, 4) is 11.8 Å². The number of piperidine rings is 1. The largest absolute Gasteiger partial charge is 0.497 e. The second kappa shape index (κ2) is 7.72. The second-order valence-corrected chi connectivity index (χ2v) is 6.87. The molecule has 3 rings (SSSR count). The molecular weight excluding hydrogens is 360 g/mol. The second-order valence-electron chi connectivity index (χ2n) is 6.87. The molecule has 0 amide bonds. The van der Waals surface area contributed by atoms with E-state index < -0.39 is 11.2 Å². The molecule has 1 aromatic heterocycles. The Kier molecular flexibility index (Phi) is 5.36. The summed E-state index contributed by atoms with van der Waals surface area (Å²) in [6, 6.07) is 8.96. The van der Waals surface area contributed by atoms with Gasteiger partial charge in [-0.25, -0.2) is 4.79 Å². The summed E-state index contributed by atoms with van der Waals surface area (Å²) in [5.41, 5.74) is -0.491. The number of nitriles is 1. The quantitative estimate of drug-likeness (QED) is 0.734. The normalized spacial score (nSPS) is 14.6. The molecule has 0 radical (unpaired) electrons. The lowest BCUT2D eigenvalue weighted by Crippen LogP contribution is -2.45. The van der Waals surface area contributed by atoms with Crippen LogP contribution in [-0.4, -0.2) is 35.1 Å². The molecule has 2 heterocycles. The van der Waals surface area contributed by atoms with Crippen LogP contribution in [0.2, 0.25) is 0 Å². The molecule has 0 spiro atoms. The van der Waals surface area contributed by atoms with E-state index in [1.165, 1.54) is 11.6 Å². The molecule has 1 aromatic carbocycles. The lowest BCUT2D eigenvalue weighted by atomic mass is 9.88. The van der Waals surface area contributed by atoms with Crippen molar-refractivity contribution in [3.63, 3.8) is 0 Å². The maximum absolute atomic E-state index is 12.8. The zero-order chi connectivity index (χ0) is 20.4. The number of ether oxygens (including phenoxy) is 1. The van der Waals surface area contributed by atoms with Crippen LogP contribution in [0.3, 0.4) is 0 Å². The van der Waals surface area contributed by atoms with Crippen LogP contribution in [-0.2, 0) is 14.1 Å². The lowest BCUT2D eigenvalue weighted by molar-refractivity contribution is 0.0900. The molecule has 0 aliphatic carbocycles. The molecule has 1 saturated heterocycles. The summed E-state index contributed by atoms with van der Waals surface area (Å²) in [7, 11) is 4.48. The predicted octanol–water partition coefficient (Wildman–Crippen LogP) is 1.06. The summed E-state index contributed by atoms with van der Waals surface area (Å²) in [6.07, 6.45) is 1.16. The van der Waals surface area contributed by atoms with Crippen molar-refractivity contribution in [2.45, 2.75) is 12.8 Å². The van der Waals surface area contributed by atoms with Crippen LogP contribution in [0.15, 0.2) is 33.9 Å². The standard InChI is InChI=1S/C20H22N4O4/c1-22-18(16(12-21)19(26)23(2)20(22)27)24-10-8-14(9-11-24)17(25)13-4-6-15(28-3)7-5-13/h4-7,14H,8-11H2,1-3H3. The van der Waals surface area contributed by atoms with Gasteiger partial charge in [-0.2, -0.15) is 5.26 Å². The maximum Gasteiger partial charge on any atom is 0.332 e. The van der Waals surface area contributed by atoms with E-state index in [1.807, 2.05) is 11.0 Å². The number of aromatic nitrogens is 2. The van der Waals surface area contributed by atoms with Crippen molar-refractivity contribution in [1.82, 2.24) is 9.13 Å². The van der Waals surface area contributed by atoms with Gasteiger partial charge in [0.05, 0.1) is 7.11 Å². The minimum Gasteiger partial charge on any atom is -0.497 e. The van der Waals surface area contributed by atoms with Crippen LogP contribution in [0.5, 0.6) is 5.75 Å². The fourth-order valence-corrected chi connectivity index (χ4v) is 3.65. The Balaban J connectivity index is 1.81. The zero-order valence-electron chi connectivity index (χ0n) is 16.1.